The van der Waals surface area contributed by atoms with Crippen LogP contribution in [0, 0.1) is 12.3 Å². The summed E-state index contributed by atoms with van der Waals surface area (Å²) in [6.45, 7) is 6.25. The Balaban J connectivity index is 1.44. The Bertz CT molecular complexity index is 1120. The van der Waals surface area contributed by atoms with E-state index in [1.807, 2.05) is 32.2 Å². The highest BCUT2D eigenvalue weighted by Gasteiger charge is 2.47. The van der Waals surface area contributed by atoms with Crippen molar-refractivity contribution in [3.8, 4) is 11.3 Å². The van der Waals surface area contributed by atoms with Crippen LogP contribution in [-0.2, 0) is 18.4 Å². The Morgan fingerprint density at radius 1 is 1.26 bits per heavy atom. The summed E-state index contributed by atoms with van der Waals surface area (Å²) < 4.78 is 7.58. The van der Waals surface area contributed by atoms with Crippen molar-refractivity contribution in [3.63, 3.8) is 0 Å². The summed E-state index contributed by atoms with van der Waals surface area (Å²) in [5.41, 5.74) is 11.4. The van der Waals surface area contributed by atoms with Gasteiger partial charge in [-0.25, -0.2) is 14.6 Å². The quantitative estimate of drug-likeness (QED) is 0.652. The highest BCUT2D eigenvalue weighted by molar-refractivity contribution is 5.81. The van der Waals surface area contributed by atoms with E-state index < -0.39 is 0 Å². The van der Waals surface area contributed by atoms with Crippen LogP contribution in [0.5, 0.6) is 0 Å². The average molecular weight is 424 g/mol. The Morgan fingerprint density at radius 3 is 2.71 bits per heavy atom. The van der Waals surface area contributed by atoms with Gasteiger partial charge in [0.2, 0.25) is 0 Å². The molecular weight excluding hydrogens is 394 g/mol. The molecular formula is C22H29N7O2. The van der Waals surface area contributed by atoms with Crippen LogP contribution in [-0.4, -0.2) is 61.9 Å². The van der Waals surface area contributed by atoms with Crippen LogP contribution in [0.3, 0.4) is 0 Å². The monoisotopic (exact) mass is 423 g/mol. The number of nitrogens with zero attached hydrogens (tertiary/aromatic N) is 6. The standard InChI is InChI=1S/C22H29N7O2/c1-13-19(15-4-5-16-18(10-15)28(3)27-26-16)25-17(11-30)21(24-13)29-8-6-22(7-9-29)12-31-14(2)20(22)23/h4-5,10,14,20,30H,6-9,11-12,23H2,1-3H3/t14-,20+/m0/s1. The molecule has 164 valence electrons. The predicted molar refractivity (Wildman–Crippen MR) is 117 cm³/mol. The molecule has 2 aromatic heterocycles. The van der Waals surface area contributed by atoms with Gasteiger partial charge in [-0.2, -0.15) is 0 Å². The van der Waals surface area contributed by atoms with Gasteiger partial charge in [-0.1, -0.05) is 11.3 Å². The van der Waals surface area contributed by atoms with Gasteiger partial charge >= 0.3 is 0 Å². The lowest BCUT2D eigenvalue weighted by Crippen LogP contribution is -2.51. The zero-order valence-corrected chi connectivity index (χ0v) is 18.2. The molecule has 0 aliphatic carbocycles. The van der Waals surface area contributed by atoms with Gasteiger partial charge in [0.05, 0.1) is 36.2 Å². The number of nitrogens with two attached hydrogens (primary N) is 1. The van der Waals surface area contributed by atoms with Gasteiger partial charge in [-0.05, 0) is 38.8 Å². The molecule has 2 fully saturated rings. The first kappa shape index (κ1) is 20.3. The number of aliphatic hydroxyl groups is 1. The molecule has 0 bridgehead atoms. The fourth-order valence-electron chi connectivity index (χ4n) is 4.99. The Kier molecular flexibility index (Phi) is 4.91. The van der Waals surface area contributed by atoms with E-state index in [1.165, 1.54) is 0 Å². The Labute approximate surface area is 181 Å². The molecule has 0 amide bonds. The van der Waals surface area contributed by atoms with Crippen LogP contribution in [0.4, 0.5) is 5.82 Å². The molecule has 9 heteroatoms. The minimum absolute atomic E-state index is 0.0459. The molecule has 2 saturated heterocycles. The number of aliphatic hydroxyl groups excluding tert-OH is 1. The molecule has 4 heterocycles. The molecule has 3 aromatic rings. The molecule has 2 atom stereocenters. The summed E-state index contributed by atoms with van der Waals surface area (Å²) in [5.74, 6) is 0.766. The summed E-state index contributed by atoms with van der Waals surface area (Å²) in [6.07, 6.45) is 2.01. The number of fused-ring (bicyclic) bond motifs is 1. The molecule has 1 spiro atoms. The summed E-state index contributed by atoms with van der Waals surface area (Å²) in [5, 5.41) is 18.3. The van der Waals surface area contributed by atoms with Crippen LogP contribution >= 0.6 is 0 Å². The van der Waals surface area contributed by atoms with Crippen LogP contribution in [0.25, 0.3) is 22.3 Å². The molecule has 3 N–H and O–H groups in total. The number of ether oxygens (including phenoxy) is 1. The first-order chi connectivity index (χ1) is 14.9. The van der Waals surface area contributed by atoms with Gasteiger partial charge in [0.1, 0.15) is 11.2 Å². The second-order valence-electron chi connectivity index (χ2n) is 8.89. The van der Waals surface area contributed by atoms with E-state index in [0.29, 0.717) is 5.69 Å². The van der Waals surface area contributed by atoms with Crippen molar-refractivity contribution in [2.24, 2.45) is 18.2 Å². The van der Waals surface area contributed by atoms with Crippen molar-refractivity contribution in [3.05, 3.63) is 29.6 Å². The summed E-state index contributed by atoms with van der Waals surface area (Å²) in [4.78, 5) is 11.9. The maximum absolute atomic E-state index is 10.1. The smallest absolute Gasteiger partial charge is 0.153 e. The van der Waals surface area contributed by atoms with Crippen molar-refractivity contribution in [1.82, 2.24) is 25.0 Å². The van der Waals surface area contributed by atoms with Gasteiger partial charge in [0.25, 0.3) is 0 Å². The fourth-order valence-corrected chi connectivity index (χ4v) is 4.99. The number of hydrogen-bond acceptors (Lipinski definition) is 8. The Hall–Kier alpha value is -2.62. The van der Waals surface area contributed by atoms with E-state index in [2.05, 4.69) is 22.1 Å². The Morgan fingerprint density at radius 2 is 2.03 bits per heavy atom. The van der Waals surface area contributed by atoms with E-state index in [9.17, 15) is 5.11 Å². The number of benzene rings is 1. The number of aromatic nitrogens is 5. The van der Waals surface area contributed by atoms with Crippen molar-refractivity contribution >= 4 is 16.9 Å². The topological polar surface area (TPSA) is 115 Å². The maximum atomic E-state index is 10.1. The summed E-state index contributed by atoms with van der Waals surface area (Å²) >= 11 is 0. The second kappa shape index (κ2) is 7.51. The first-order valence-corrected chi connectivity index (χ1v) is 10.8. The van der Waals surface area contributed by atoms with Crippen LogP contribution in [0.2, 0.25) is 0 Å². The highest BCUT2D eigenvalue weighted by Crippen LogP contribution is 2.42. The molecule has 0 unspecified atom stereocenters. The van der Waals surface area contributed by atoms with Gasteiger partial charge in [-0.15, -0.1) is 5.10 Å². The maximum Gasteiger partial charge on any atom is 0.153 e. The molecule has 1 aromatic carbocycles. The molecule has 0 radical (unpaired) electrons. The molecule has 0 saturated carbocycles. The molecule has 2 aliphatic rings. The number of piperidine rings is 1. The van der Waals surface area contributed by atoms with E-state index in [1.54, 1.807) is 4.68 Å². The van der Waals surface area contributed by atoms with Gasteiger partial charge < -0.3 is 20.5 Å². The lowest BCUT2D eigenvalue weighted by molar-refractivity contribution is 0.0973. The van der Waals surface area contributed by atoms with Crippen molar-refractivity contribution in [2.45, 2.75) is 45.4 Å². The van der Waals surface area contributed by atoms with Crippen LogP contribution in [0.15, 0.2) is 18.2 Å². The zero-order valence-electron chi connectivity index (χ0n) is 18.2. The van der Waals surface area contributed by atoms with E-state index in [0.717, 1.165) is 66.3 Å². The number of rotatable bonds is 3. The third-order valence-electron chi connectivity index (χ3n) is 7.06. The normalized spacial score (nSPS) is 23.2. The third-order valence-corrected chi connectivity index (χ3v) is 7.06. The number of aryl methyl sites for hydroxylation is 2. The van der Waals surface area contributed by atoms with E-state index in [-0.39, 0.29) is 24.2 Å². The van der Waals surface area contributed by atoms with E-state index in [4.69, 9.17) is 20.4 Å². The fraction of sp³-hybridized carbons (Fsp3) is 0.545. The predicted octanol–water partition coefficient (Wildman–Crippen LogP) is 1.56. The average Bonchev–Trinajstić information content (AvgIpc) is 3.29. The zero-order chi connectivity index (χ0) is 21.8. The number of hydrogen-bond donors (Lipinski definition) is 2. The first-order valence-electron chi connectivity index (χ1n) is 10.8. The second-order valence-corrected chi connectivity index (χ2v) is 8.89. The van der Waals surface area contributed by atoms with Crippen molar-refractivity contribution < 1.29 is 9.84 Å². The molecule has 9 nitrogen and oxygen atoms in total. The minimum Gasteiger partial charge on any atom is -0.390 e. The molecule has 5 rings (SSSR count). The van der Waals surface area contributed by atoms with Crippen molar-refractivity contribution in [2.75, 3.05) is 24.6 Å². The van der Waals surface area contributed by atoms with Crippen LogP contribution in [0.1, 0.15) is 31.2 Å². The third kappa shape index (κ3) is 3.28. The van der Waals surface area contributed by atoms with Crippen molar-refractivity contribution in [1.29, 1.82) is 0 Å². The van der Waals surface area contributed by atoms with Crippen LogP contribution < -0.4 is 10.6 Å². The summed E-state index contributed by atoms with van der Waals surface area (Å²) in [6, 6.07) is 5.99. The van der Waals surface area contributed by atoms with E-state index >= 15 is 0 Å². The van der Waals surface area contributed by atoms with Gasteiger partial charge in [-0.3, -0.25) is 0 Å². The van der Waals surface area contributed by atoms with Gasteiger partial charge in [0.15, 0.2) is 5.82 Å². The largest absolute Gasteiger partial charge is 0.390 e. The highest BCUT2D eigenvalue weighted by atomic mass is 16.5. The molecule has 2 aliphatic heterocycles. The minimum atomic E-state index is -0.160. The van der Waals surface area contributed by atoms with Gasteiger partial charge in [0, 0.05) is 37.2 Å². The summed E-state index contributed by atoms with van der Waals surface area (Å²) in [7, 11) is 1.87. The lowest BCUT2D eigenvalue weighted by atomic mass is 9.73. The SMILES string of the molecule is Cc1nc(N2CCC3(CC2)CO[C@@H](C)[C@H]3N)c(CO)nc1-c1ccc2nnn(C)c2c1. The number of anilines is 1. The molecule has 31 heavy (non-hydrogen) atoms. The lowest BCUT2D eigenvalue weighted by Gasteiger charge is -2.42.